The Kier molecular flexibility index (Phi) is 8.13. The molecule has 2 atom stereocenters. The third-order valence-corrected chi connectivity index (χ3v) is 5.32. The standard InChI is InChI=1S/C22H23ClFNO6/c1-22(8-9-26,21(30)31)12-16(25-19(27)20(28)29)10-13-2-4-14(5-3-13)17-11-15(23)6-7-18(17)24/h2-7,11,16,26H,8-10,12H2,1H3,(H,25,27)(H,28,29)(H,30,31)/t16-,22?/m1/s1. The molecule has 0 heterocycles. The Hall–Kier alpha value is -2.97. The Labute approximate surface area is 183 Å². The highest BCUT2D eigenvalue weighted by molar-refractivity contribution is 6.31. The van der Waals surface area contributed by atoms with Gasteiger partial charge in [-0.15, -0.1) is 0 Å². The van der Waals surface area contributed by atoms with Crippen LogP contribution in [0.1, 0.15) is 25.3 Å². The lowest BCUT2D eigenvalue weighted by Crippen LogP contribution is -2.45. The van der Waals surface area contributed by atoms with Crippen LogP contribution in [-0.4, -0.2) is 45.8 Å². The van der Waals surface area contributed by atoms with Crippen molar-refractivity contribution in [1.82, 2.24) is 5.32 Å². The number of hydrogen-bond acceptors (Lipinski definition) is 4. The molecule has 1 unspecified atom stereocenters. The van der Waals surface area contributed by atoms with Crippen molar-refractivity contribution in [2.45, 2.75) is 32.2 Å². The van der Waals surface area contributed by atoms with E-state index in [1.165, 1.54) is 25.1 Å². The lowest BCUT2D eigenvalue weighted by atomic mass is 9.79. The van der Waals surface area contributed by atoms with Gasteiger partial charge < -0.3 is 20.6 Å². The Balaban J connectivity index is 2.27. The molecule has 0 saturated carbocycles. The zero-order chi connectivity index (χ0) is 23.2. The number of nitrogens with one attached hydrogen (secondary N) is 1. The van der Waals surface area contributed by atoms with E-state index < -0.39 is 35.1 Å². The second kappa shape index (κ2) is 10.4. The van der Waals surface area contributed by atoms with Gasteiger partial charge in [0.15, 0.2) is 0 Å². The predicted molar refractivity (Wildman–Crippen MR) is 112 cm³/mol. The van der Waals surface area contributed by atoms with Gasteiger partial charge in [-0.3, -0.25) is 9.59 Å². The second-order valence-corrected chi connectivity index (χ2v) is 7.98. The summed E-state index contributed by atoms with van der Waals surface area (Å²) in [6.45, 7) is 1.05. The Morgan fingerprint density at radius 2 is 1.77 bits per heavy atom. The molecule has 2 aromatic rings. The van der Waals surface area contributed by atoms with Crippen molar-refractivity contribution < 1.29 is 34.1 Å². The SMILES string of the molecule is CC(CCO)(C[C@@H](Cc1ccc(-c2cc(Cl)ccc2F)cc1)NC(=O)C(=O)O)C(=O)O. The summed E-state index contributed by atoms with van der Waals surface area (Å²) in [6.07, 6.45) is -0.00698. The molecule has 2 aromatic carbocycles. The topological polar surface area (TPSA) is 124 Å². The molecule has 7 nitrogen and oxygen atoms in total. The summed E-state index contributed by atoms with van der Waals surface area (Å²) < 4.78 is 14.1. The van der Waals surface area contributed by atoms with Crippen molar-refractivity contribution in [3.8, 4) is 11.1 Å². The number of carbonyl (C=O) groups is 3. The lowest BCUT2D eigenvalue weighted by Gasteiger charge is -2.29. The first-order chi connectivity index (χ1) is 14.6. The molecule has 0 spiro atoms. The van der Waals surface area contributed by atoms with Gasteiger partial charge in [0.2, 0.25) is 0 Å². The first kappa shape index (κ1) is 24.3. The number of hydrogen-bond donors (Lipinski definition) is 4. The summed E-state index contributed by atoms with van der Waals surface area (Å²) >= 11 is 5.93. The van der Waals surface area contributed by atoms with Crippen LogP contribution in [-0.2, 0) is 20.8 Å². The van der Waals surface area contributed by atoms with Crippen molar-refractivity contribution in [3.63, 3.8) is 0 Å². The fraction of sp³-hybridized carbons (Fsp3) is 0.318. The fourth-order valence-corrected chi connectivity index (χ4v) is 3.50. The van der Waals surface area contributed by atoms with Gasteiger partial charge in [0.25, 0.3) is 0 Å². The van der Waals surface area contributed by atoms with Gasteiger partial charge in [0.1, 0.15) is 5.82 Å². The van der Waals surface area contributed by atoms with Gasteiger partial charge in [-0.2, -0.15) is 0 Å². The summed E-state index contributed by atoms with van der Waals surface area (Å²) in [4.78, 5) is 34.4. The first-order valence-corrected chi connectivity index (χ1v) is 9.86. The van der Waals surface area contributed by atoms with Gasteiger partial charge in [-0.05, 0) is 55.5 Å². The third-order valence-electron chi connectivity index (χ3n) is 5.08. The molecular weight excluding hydrogens is 429 g/mol. The molecule has 0 aliphatic rings. The molecule has 31 heavy (non-hydrogen) atoms. The van der Waals surface area contributed by atoms with Crippen LogP contribution >= 0.6 is 11.6 Å². The molecule has 0 fully saturated rings. The van der Waals surface area contributed by atoms with Crippen LogP contribution in [0.5, 0.6) is 0 Å². The molecule has 0 radical (unpaired) electrons. The molecule has 1 amide bonds. The van der Waals surface area contributed by atoms with Crippen LogP contribution in [0.25, 0.3) is 11.1 Å². The van der Waals surface area contributed by atoms with Crippen LogP contribution in [0.2, 0.25) is 5.02 Å². The zero-order valence-corrected chi connectivity index (χ0v) is 17.5. The molecule has 0 saturated heterocycles. The Bertz CT molecular complexity index is 965. The maximum absolute atomic E-state index is 14.1. The predicted octanol–water partition coefficient (Wildman–Crippen LogP) is 3.12. The number of halogens is 2. The monoisotopic (exact) mass is 451 g/mol. The summed E-state index contributed by atoms with van der Waals surface area (Å²) in [5.41, 5.74) is 0.204. The number of aliphatic hydroxyl groups is 1. The number of benzene rings is 2. The third kappa shape index (κ3) is 6.50. The van der Waals surface area contributed by atoms with Gasteiger partial charge >= 0.3 is 17.8 Å². The highest BCUT2D eigenvalue weighted by atomic mass is 35.5. The lowest BCUT2D eigenvalue weighted by molar-refractivity contribution is -0.152. The van der Waals surface area contributed by atoms with Crippen LogP contribution in [0, 0.1) is 11.2 Å². The molecule has 0 aromatic heterocycles. The van der Waals surface area contributed by atoms with E-state index in [1.807, 2.05) is 0 Å². The van der Waals surface area contributed by atoms with Crippen molar-refractivity contribution in [3.05, 3.63) is 58.9 Å². The fourth-order valence-electron chi connectivity index (χ4n) is 3.33. The number of carbonyl (C=O) groups excluding carboxylic acids is 1. The number of carboxylic acids is 2. The minimum absolute atomic E-state index is 0.0608. The molecule has 0 bridgehead atoms. The van der Waals surface area contributed by atoms with Gasteiger partial charge in [0, 0.05) is 23.2 Å². The highest BCUT2D eigenvalue weighted by Gasteiger charge is 2.36. The van der Waals surface area contributed by atoms with Gasteiger partial charge in [-0.1, -0.05) is 35.9 Å². The average Bonchev–Trinajstić information content (AvgIpc) is 2.70. The number of amides is 1. The largest absolute Gasteiger partial charge is 0.481 e. The van der Waals surface area contributed by atoms with Crippen molar-refractivity contribution >= 4 is 29.4 Å². The van der Waals surface area contributed by atoms with Crippen molar-refractivity contribution in [2.24, 2.45) is 5.41 Å². The van der Waals surface area contributed by atoms with E-state index in [0.717, 1.165) is 0 Å². The summed E-state index contributed by atoms with van der Waals surface area (Å²) in [5.74, 6) is -4.54. The Morgan fingerprint density at radius 3 is 2.32 bits per heavy atom. The maximum Gasteiger partial charge on any atom is 0.394 e. The van der Waals surface area contributed by atoms with E-state index in [9.17, 15) is 29.0 Å². The van der Waals surface area contributed by atoms with Crippen LogP contribution in [0.3, 0.4) is 0 Å². The number of aliphatic hydroxyl groups excluding tert-OH is 1. The first-order valence-electron chi connectivity index (χ1n) is 9.48. The minimum atomic E-state index is -1.68. The molecule has 9 heteroatoms. The molecule has 0 aliphatic heterocycles. The Morgan fingerprint density at radius 1 is 1.13 bits per heavy atom. The quantitative estimate of drug-likeness (QED) is 0.434. The summed E-state index contributed by atoms with van der Waals surface area (Å²) in [5, 5.41) is 30.4. The summed E-state index contributed by atoms with van der Waals surface area (Å²) in [6, 6.07) is 10.1. The van der Waals surface area contributed by atoms with E-state index in [0.29, 0.717) is 21.7 Å². The molecule has 2 rings (SSSR count). The van der Waals surface area contributed by atoms with Crippen molar-refractivity contribution in [2.75, 3.05) is 6.61 Å². The van der Waals surface area contributed by atoms with E-state index >= 15 is 0 Å². The highest BCUT2D eigenvalue weighted by Crippen LogP contribution is 2.30. The van der Waals surface area contributed by atoms with Gasteiger partial charge in [0.05, 0.1) is 5.41 Å². The number of aliphatic carboxylic acids is 2. The average molecular weight is 452 g/mol. The molecule has 4 N–H and O–H groups in total. The van der Waals surface area contributed by atoms with E-state index in [2.05, 4.69) is 5.32 Å². The smallest absolute Gasteiger partial charge is 0.394 e. The minimum Gasteiger partial charge on any atom is -0.481 e. The number of rotatable bonds is 9. The van der Waals surface area contributed by atoms with E-state index in [-0.39, 0.29) is 25.9 Å². The molecular formula is C22H23ClFNO6. The van der Waals surface area contributed by atoms with Crippen LogP contribution in [0.15, 0.2) is 42.5 Å². The van der Waals surface area contributed by atoms with E-state index in [1.54, 1.807) is 24.3 Å². The molecule has 0 aliphatic carbocycles. The second-order valence-electron chi connectivity index (χ2n) is 7.54. The van der Waals surface area contributed by atoms with Crippen molar-refractivity contribution in [1.29, 1.82) is 0 Å². The van der Waals surface area contributed by atoms with E-state index in [4.69, 9.17) is 16.7 Å². The van der Waals surface area contributed by atoms with Crippen LogP contribution in [0.4, 0.5) is 4.39 Å². The summed E-state index contributed by atoms with van der Waals surface area (Å²) in [7, 11) is 0. The maximum atomic E-state index is 14.1. The van der Waals surface area contributed by atoms with Crippen LogP contribution < -0.4 is 5.32 Å². The van der Waals surface area contributed by atoms with Gasteiger partial charge in [-0.25, -0.2) is 9.18 Å². The zero-order valence-electron chi connectivity index (χ0n) is 16.8. The number of carboxylic acid groups (broad SMARTS) is 2. The molecule has 166 valence electrons. The normalized spacial score (nSPS) is 13.8.